The number of anilines is 1. The van der Waals surface area contributed by atoms with Crippen molar-refractivity contribution in [3.63, 3.8) is 0 Å². The van der Waals surface area contributed by atoms with Gasteiger partial charge in [0.2, 0.25) is 0 Å². The Balaban J connectivity index is 1.39. The predicted molar refractivity (Wildman–Crippen MR) is 100 cm³/mol. The lowest BCUT2D eigenvalue weighted by atomic mass is 9.86. The number of nitrogens with one attached hydrogen (secondary N) is 3. The third-order valence-electron chi connectivity index (χ3n) is 4.40. The molecule has 0 heterocycles. The Bertz CT molecular complexity index is 758. The van der Waals surface area contributed by atoms with Crippen LogP contribution < -0.4 is 16.0 Å². The largest absolute Gasteiger partial charge is 0.445 e. The number of alkyl carbamates (subject to hydrolysis) is 1. The molecule has 0 saturated heterocycles. The van der Waals surface area contributed by atoms with Gasteiger partial charge in [0.15, 0.2) is 0 Å². The quantitative estimate of drug-likeness (QED) is 0.746. The van der Waals surface area contributed by atoms with Gasteiger partial charge in [0, 0.05) is 30.4 Å². The zero-order chi connectivity index (χ0) is 18.4. The summed E-state index contributed by atoms with van der Waals surface area (Å²) in [5.74, 6) is -0.108. The van der Waals surface area contributed by atoms with Crippen molar-refractivity contribution in [1.29, 1.82) is 0 Å². The Hall–Kier alpha value is -3.02. The highest BCUT2D eigenvalue weighted by atomic mass is 16.5. The molecule has 1 fully saturated rings. The molecule has 0 bridgehead atoms. The summed E-state index contributed by atoms with van der Waals surface area (Å²) in [5, 5.41) is 8.88. The fourth-order valence-electron chi connectivity index (χ4n) is 2.92. The molecule has 1 aliphatic carbocycles. The van der Waals surface area contributed by atoms with Gasteiger partial charge in [0.05, 0.1) is 0 Å². The molecule has 26 heavy (non-hydrogen) atoms. The maximum Gasteiger partial charge on any atom is 0.407 e. The summed E-state index contributed by atoms with van der Waals surface area (Å²) >= 11 is 0. The molecule has 6 nitrogen and oxygen atoms in total. The summed E-state index contributed by atoms with van der Waals surface area (Å²) in [5.41, 5.74) is 2.49. The molecule has 3 rings (SSSR count). The maximum absolute atomic E-state index is 11.8. The van der Waals surface area contributed by atoms with Crippen molar-refractivity contribution >= 4 is 17.7 Å². The van der Waals surface area contributed by atoms with E-state index in [9.17, 15) is 9.59 Å². The predicted octanol–water partition coefficient (Wildman–Crippen LogP) is 2.92. The molecule has 0 aromatic heterocycles. The van der Waals surface area contributed by atoms with Crippen LogP contribution >= 0.6 is 0 Å². The van der Waals surface area contributed by atoms with Crippen LogP contribution in [0.25, 0.3) is 0 Å². The van der Waals surface area contributed by atoms with Crippen molar-refractivity contribution in [3.05, 3.63) is 65.7 Å². The van der Waals surface area contributed by atoms with Crippen molar-refractivity contribution < 1.29 is 14.3 Å². The van der Waals surface area contributed by atoms with Crippen molar-refractivity contribution in [1.82, 2.24) is 10.6 Å². The highest BCUT2D eigenvalue weighted by Gasteiger charge is 2.30. The minimum Gasteiger partial charge on any atom is -0.445 e. The standard InChI is InChI=1S/C20H23N3O3/c1-21-19(24)15-8-5-9-16(10-15)22-17-11-18(12-17)23-20(25)26-13-14-6-3-2-4-7-14/h2-10,17-18,22H,11-13H2,1H3,(H,21,24)(H,23,25). The second-order valence-corrected chi connectivity index (χ2v) is 6.38. The summed E-state index contributed by atoms with van der Waals surface area (Å²) in [6.45, 7) is 0.271. The van der Waals surface area contributed by atoms with E-state index in [0.717, 1.165) is 24.1 Å². The third-order valence-corrected chi connectivity index (χ3v) is 4.40. The average molecular weight is 353 g/mol. The minimum absolute atomic E-state index is 0.108. The van der Waals surface area contributed by atoms with Gasteiger partial charge in [-0.2, -0.15) is 0 Å². The zero-order valence-corrected chi connectivity index (χ0v) is 14.7. The minimum atomic E-state index is -0.390. The van der Waals surface area contributed by atoms with E-state index in [2.05, 4.69) is 16.0 Å². The van der Waals surface area contributed by atoms with Gasteiger partial charge in [-0.15, -0.1) is 0 Å². The van der Waals surface area contributed by atoms with Crippen LogP contribution in [0.1, 0.15) is 28.8 Å². The van der Waals surface area contributed by atoms with E-state index in [1.54, 1.807) is 13.1 Å². The lowest BCUT2D eigenvalue weighted by Gasteiger charge is -2.36. The van der Waals surface area contributed by atoms with E-state index >= 15 is 0 Å². The van der Waals surface area contributed by atoms with E-state index in [0.29, 0.717) is 5.56 Å². The topological polar surface area (TPSA) is 79.5 Å². The van der Waals surface area contributed by atoms with Gasteiger partial charge in [-0.05, 0) is 36.6 Å². The van der Waals surface area contributed by atoms with Crippen LogP contribution in [-0.4, -0.2) is 31.1 Å². The second kappa shape index (κ2) is 8.38. The van der Waals surface area contributed by atoms with Crippen molar-refractivity contribution in [2.75, 3.05) is 12.4 Å². The number of benzene rings is 2. The van der Waals surface area contributed by atoms with Crippen LogP contribution in [0, 0.1) is 0 Å². The molecular weight excluding hydrogens is 330 g/mol. The first-order valence-corrected chi connectivity index (χ1v) is 8.70. The molecule has 0 atom stereocenters. The van der Waals surface area contributed by atoms with Gasteiger partial charge in [-0.25, -0.2) is 4.79 Å². The number of carbonyl (C=O) groups excluding carboxylic acids is 2. The molecule has 2 amide bonds. The fraction of sp³-hybridized carbons (Fsp3) is 0.300. The molecule has 2 aromatic carbocycles. The fourth-order valence-corrected chi connectivity index (χ4v) is 2.92. The Morgan fingerprint density at radius 2 is 1.81 bits per heavy atom. The normalized spacial score (nSPS) is 18.3. The lowest BCUT2D eigenvalue weighted by Crippen LogP contribution is -2.49. The van der Waals surface area contributed by atoms with Gasteiger partial charge in [-0.1, -0.05) is 36.4 Å². The zero-order valence-electron chi connectivity index (χ0n) is 14.7. The molecule has 0 aliphatic heterocycles. The summed E-state index contributed by atoms with van der Waals surface area (Å²) in [6.07, 6.45) is 1.26. The molecule has 1 saturated carbocycles. The SMILES string of the molecule is CNC(=O)c1cccc(NC2CC(NC(=O)OCc3ccccc3)C2)c1. The van der Waals surface area contributed by atoms with Crippen LogP contribution in [0.3, 0.4) is 0 Å². The number of hydrogen-bond donors (Lipinski definition) is 3. The molecular formula is C20H23N3O3. The number of carbonyl (C=O) groups is 2. The van der Waals surface area contributed by atoms with Gasteiger partial charge in [0.25, 0.3) is 5.91 Å². The summed E-state index contributed by atoms with van der Waals surface area (Å²) in [4.78, 5) is 23.5. The second-order valence-electron chi connectivity index (χ2n) is 6.38. The summed E-state index contributed by atoms with van der Waals surface area (Å²) < 4.78 is 5.23. The van der Waals surface area contributed by atoms with Gasteiger partial charge in [-0.3, -0.25) is 4.79 Å². The van der Waals surface area contributed by atoms with Crippen molar-refractivity contribution in [3.8, 4) is 0 Å². The van der Waals surface area contributed by atoms with Gasteiger partial charge >= 0.3 is 6.09 Å². The van der Waals surface area contributed by atoms with Gasteiger partial charge < -0.3 is 20.7 Å². The smallest absolute Gasteiger partial charge is 0.407 e. The van der Waals surface area contributed by atoms with E-state index in [1.807, 2.05) is 48.5 Å². The highest BCUT2D eigenvalue weighted by Crippen LogP contribution is 2.25. The third kappa shape index (κ3) is 4.75. The Kier molecular flexibility index (Phi) is 5.73. The molecule has 0 unspecified atom stereocenters. The first-order chi connectivity index (χ1) is 12.6. The lowest BCUT2D eigenvalue weighted by molar-refractivity contribution is 0.0963. The average Bonchev–Trinajstić information content (AvgIpc) is 2.65. The molecule has 6 heteroatoms. The maximum atomic E-state index is 11.8. The van der Waals surface area contributed by atoms with Gasteiger partial charge in [0.1, 0.15) is 6.61 Å². The monoisotopic (exact) mass is 353 g/mol. The van der Waals surface area contributed by atoms with Crippen molar-refractivity contribution in [2.24, 2.45) is 0 Å². The molecule has 1 aliphatic rings. The molecule has 2 aromatic rings. The first kappa shape index (κ1) is 17.8. The summed E-state index contributed by atoms with van der Waals surface area (Å²) in [6, 6.07) is 17.4. The van der Waals surface area contributed by atoms with Crippen LogP contribution in [0.4, 0.5) is 10.5 Å². The van der Waals surface area contributed by atoms with E-state index in [-0.39, 0.29) is 30.7 Å². The number of rotatable bonds is 6. The van der Waals surface area contributed by atoms with Crippen LogP contribution in [0.5, 0.6) is 0 Å². The Morgan fingerprint density at radius 1 is 1.04 bits per heavy atom. The number of amides is 2. The van der Waals surface area contributed by atoms with Crippen molar-refractivity contribution in [2.45, 2.75) is 31.5 Å². The number of hydrogen-bond acceptors (Lipinski definition) is 4. The molecule has 0 radical (unpaired) electrons. The summed E-state index contributed by atoms with van der Waals surface area (Å²) in [7, 11) is 1.61. The van der Waals surface area contributed by atoms with E-state index in [1.165, 1.54) is 0 Å². The molecule has 3 N–H and O–H groups in total. The Labute approximate surface area is 152 Å². The van der Waals surface area contributed by atoms with E-state index < -0.39 is 0 Å². The van der Waals surface area contributed by atoms with Crippen LogP contribution in [0.2, 0.25) is 0 Å². The van der Waals surface area contributed by atoms with Crippen LogP contribution in [-0.2, 0) is 11.3 Å². The Morgan fingerprint density at radius 3 is 2.54 bits per heavy atom. The first-order valence-electron chi connectivity index (χ1n) is 8.70. The van der Waals surface area contributed by atoms with Crippen LogP contribution in [0.15, 0.2) is 54.6 Å². The molecule has 136 valence electrons. The highest BCUT2D eigenvalue weighted by molar-refractivity contribution is 5.94. The molecule has 0 spiro atoms. The number of ether oxygens (including phenoxy) is 1. The van der Waals surface area contributed by atoms with E-state index in [4.69, 9.17) is 4.74 Å².